The zero-order valence-electron chi connectivity index (χ0n) is 13.0. The summed E-state index contributed by atoms with van der Waals surface area (Å²) in [7, 11) is 0. The molecule has 1 heterocycles. The fraction of sp³-hybridized carbons (Fsp3) is 0.600. The van der Waals surface area contributed by atoms with E-state index in [-0.39, 0.29) is 5.56 Å². The van der Waals surface area contributed by atoms with E-state index in [0.29, 0.717) is 18.8 Å². The third-order valence-electron chi connectivity index (χ3n) is 3.26. The Labute approximate surface area is 123 Å². The van der Waals surface area contributed by atoms with Gasteiger partial charge in [0.2, 0.25) is 0 Å². The summed E-state index contributed by atoms with van der Waals surface area (Å²) in [4.78, 5) is 17.6. The van der Waals surface area contributed by atoms with Crippen molar-refractivity contribution < 1.29 is 18.0 Å². The number of carbonyl (C=O) groups is 1. The van der Waals surface area contributed by atoms with Gasteiger partial charge >= 0.3 is 6.18 Å². The van der Waals surface area contributed by atoms with Crippen molar-refractivity contribution in [3.8, 4) is 0 Å². The second-order valence-electron chi connectivity index (χ2n) is 5.84. The van der Waals surface area contributed by atoms with Crippen molar-refractivity contribution in [2.24, 2.45) is 0 Å². The van der Waals surface area contributed by atoms with Crippen LogP contribution in [-0.4, -0.2) is 28.9 Å². The van der Waals surface area contributed by atoms with E-state index in [1.165, 1.54) is 4.90 Å². The van der Waals surface area contributed by atoms with Gasteiger partial charge in [0.1, 0.15) is 0 Å². The molecule has 0 N–H and O–H groups in total. The quantitative estimate of drug-likeness (QED) is 0.849. The number of alkyl halides is 3. The molecule has 6 heteroatoms. The summed E-state index contributed by atoms with van der Waals surface area (Å²) < 4.78 is 39.7. The Morgan fingerprint density at radius 3 is 2.10 bits per heavy atom. The van der Waals surface area contributed by atoms with Crippen molar-refractivity contribution in [3.63, 3.8) is 0 Å². The van der Waals surface area contributed by atoms with E-state index in [4.69, 9.17) is 0 Å². The highest BCUT2D eigenvalue weighted by molar-refractivity contribution is 5.95. The molecule has 0 aliphatic carbocycles. The highest BCUT2D eigenvalue weighted by Crippen LogP contribution is 2.34. The molecule has 0 aliphatic heterocycles. The first-order chi connectivity index (χ1) is 9.52. The minimum Gasteiger partial charge on any atom is -0.339 e. The van der Waals surface area contributed by atoms with Crippen molar-refractivity contribution in [2.45, 2.75) is 46.2 Å². The predicted molar refractivity (Wildman–Crippen MR) is 75.2 cm³/mol. The van der Waals surface area contributed by atoms with Crippen LogP contribution < -0.4 is 0 Å². The molecule has 0 bridgehead atoms. The Morgan fingerprint density at radius 1 is 1.19 bits per heavy atom. The lowest BCUT2D eigenvalue weighted by molar-refractivity contribution is -0.138. The second-order valence-corrected chi connectivity index (χ2v) is 5.84. The van der Waals surface area contributed by atoms with Crippen molar-refractivity contribution in [3.05, 3.63) is 29.1 Å². The molecule has 0 saturated carbocycles. The molecule has 0 unspecified atom stereocenters. The van der Waals surface area contributed by atoms with Gasteiger partial charge in [-0.2, -0.15) is 13.2 Å². The number of hydrogen-bond acceptors (Lipinski definition) is 2. The molecule has 0 spiro atoms. The van der Waals surface area contributed by atoms with Gasteiger partial charge in [-0.05, 0) is 19.9 Å². The first kappa shape index (κ1) is 17.5. The smallest absolute Gasteiger partial charge is 0.339 e. The maximum absolute atomic E-state index is 13.2. The van der Waals surface area contributed by atoms with E-state index in [2.05, 4.69) is 4.98 Å². The van der Waals surface area contributed by atoms with E-state index in [9.17, 15) is 18.0 Å². The molecule has 21 heavy (non-hydrogen) atoms. The predicted octanol–water partition coefficient (Wildman–Crippen LogP) is 3.88. The summed E-state index contributed by atoms with van der Waals surface area (Å²) in [5.41, 5.74) is -1.51. The molecule has 0 atom stereocenters. The fourth-order valence-corrected chi connectivity index (χ4v) is 1.95. The van der Waals surface area contributed by atoms with E-state index < -0.39 is 23.1 Å². The zero-order valence-corrected chi connectivity index (χ0v) is 13.0. The summed E-state index contributed by atoms with van der Waals surface area (Å²) >= 11 is 0. The summed E-state index contributed by atoms with van der Waals surface area (Å²) in [6, 6.07) is 0.983. The van der Waals surface area contributed by atoms with Crippen LogP contribution in [0.2, 0.25) is 0 Å². The minimum absolute atomic E-state index is 0.311. The van der Waals surface area contributed by atoms with Crippen LogP contribution in [-0.2, 0) is 11.6 Å². The fourth-order valence-electron chi connectivity index (χ4n) is 1.95. The molecular formula is C15H21F3N2O. The largest absolute Gasteiger partial charge is 0.417 e. The average Bonchev–Trinajstić information content (AvgIpc) is 2.37. The Hall–Kier alpha value is -1.59. The van der Waals surface area contributed by atoms with Gasteiger partial charge in [0.25, 0.3) is 5.91 Å². The van der Waals surface area contributed by atoms with Crippen molar-refractivity contribution in [2.75, 3.05) is 13.1 Å². The summed E-state index contributed by atoms with van der Waals surface area (Å²) in [5.74, 6) is -0.639. The second kappa shape index (κ2) is 6.03. The monoisotopic (exact) mass is 302 g/mol. The lowest BCUT2D eigenvalue weighted by Crippen LogP contribution is -2.32. The van der Waals surface area contributed by atoms with Crippen molar-refractivity contribution in [1.29, 1.82) is 0 Å². The molecule has 3 nitrogen and oxygen atoms in total. The summed E-state index contributed by atoms with van der Waals surface area (Å²) in [6.45, 7) is 9.50. The van der Waals surface area contributed by atoms with E-state index in [0.717, 1.165) is 12.3 Å². The topological polar surface area (TPSA) is 33.2 Å². The molecule has 1 aromatic rings. The number of halogens is 3. The summed E-state index contributed by atoms with van der Waals surface area (Å²) in [5, 5.41) is 0. The van der Waals surface area contributed by atoms with Crippen LogP contribution in [0.3, 0.4) is 0 Å². The standard InChI is InChI=1S/C15H21F3N2O/c1-6-20(7-2)13(21)10-9-19-12(14(3,4)5)8-11(10)15(16,17)18/h8-9H,6-7H2,1-5H3. The average molecular weight is 302 g/mol. The first-order valence-electron chi connectivity index (χ1n) is 6.89. The Kier molecular flexibility index (Phi) is 5.02. The van der Waals surface area contributed by atoms with E-state index in [1.807, 2.05) is 0 Å². The third-order valence-corrected chi connectivity index (χ3v) is 3.26. The molecule has 118 valence electrons. The van der Waals surface area contributed by atoms with Crippen LogP contribution in [0.25, 0.3) is 0 Å². The van der Waals surface area contributed by atoms with Gasteiger partial charge < -0.3 is 4.90 Å². The van der Waals surface area contributed by atoms with Crippen LogP contribution in [0.5, 0.6) is 0 Å². The molecule has 1 amide bonds. The van der Waals surface area contributed by atoms with Gasteiger partial charge in [0, 0.05) is 30.4 Å². The molecule has 0 fully saturated rings. The molecule has 0 aliphatic rings. The number of nitrogens with zero attached hydrogens (tertiary/aromatic N) is 2. The molecular weight excluding hydrogens is 281 g/mol. The number of aromatic nitrogens is 1. The first-order valence-corrected chi connectivity index (χ1v) is 6.89. The lowest BCUT2D eigenvalue weighted by Gasteiger charge is -2.23. The van der Waals surface area contributed by atoms with Crippen LogP contribution in [0.15, 0.2) is 12.3 Å². The molecule has 1 rings (SSSR count). The van der Waals surface area contributed by atoms with Gasteiger partial charge in [-0.1, -0.05) is 20.8 Å². The lowest BCUT2D eigenvalue weighted by atomic mass is 9.90. The Morgan fingerprint density at radius 2 is 1.71 bits per heavy atom. The molecule has 0 saturated heterocycles. The number of amides is 1. The summed E-state index contributed by atoms with van der Waals surface area (Å²) in [6.07, 6.45) is -3.54. The third kappa shape index (κ3) is 3.95. The molecule has 0 aromatic carbocycles. The maximum atomic E-state index is 13.2. The van der Waals surface area contributed by atoms with Crippen LogP contribution in [0.4, 0.5) is 13.2 Å². The minimum atomic E-state index is -4.58. The van der Waals surface area contributed by atoms with Gasteiger partial charge in [0.15, 0.2) is 0 Å². The van der Waals surface area contributed by atoms with Crippen molar-refractivity contribution >= 4 is 5.91 Å². The van der Waals surface area contributed by atoms with E-state index >= 15 is 0 Å². The van der Waals surface area contributed by atoms with Crippen LogP contribution in [0.1, 0.15) is 56.2 Å². The van der Waals surface area contributed by atoms with Crippen molar-refractivity contribution in [1.82, 2.24) is 9.88 Å². The SMILES string of the molecule is CCN(CC)C(=O)c1cnc(C(C)(C)C)cc1C(F)(F)F. The van der Waals surface area contributed by atoms with Gasteiger partial charge in [-0.25, -0.2) is 0 Å². The van der Waals surface area contributed by atoms with Gasteiger partial charge in [-0.15, -0.1) is 0 Å². The Bertz CT molecular complexity index is 515. The van der Waals surface area contributed by atoms with Crippen LogP contribution in [0, 0.1) is 0 Å². The van der Waals surface area contributed by atoms with Gasteiger partial charge in [0.05, 0.1) is 11.1 Å². The molecule has 0 radical (unpaired) electrons. The molecule has 1 aromatic heterocycles. The zero-order chi connectivity index (χ0) is 16.4. The number of hydrogen-bond donors (Lipinski definition) is 0. The van der Waals surface area contributed by atoms with Gasteiger partial charge in [-0.3, -0.25) is 9.78 Å². The van der Waals surface area contributed by atoms with Crippen LogP contribution >= 0.6 is 0 Å². The number of carbonyl (C=O) groups excluding carboxylic acids is 1. The number of rotatable bonds is 3. The normalized spacial score (nSPS) is 12.4. The maximum Gasteiger partial charge on any atom is 0.417 e. The Balaban J connectivity index is 3.43. The highest BCUT2D eigenvalue weighted by Gasteiger charge is 2.37. The highest BCUT2D eigenvalue weighted by atomic mass is 19.4. The number of pyridine rings is 1. The van der Waals surface area contributed by atoms with E-state index in [1.54, 1.807) is 34.6 Å².